The molecule has 148 valence electrons. The molecule has 0 bridgehead atoms. The summed E-state index contributed by atoms with van der Waals surface area (Å²) in [5, 5.41) is 7.32. The summed E-state index contributed by atoms with van der Waals surface area (Å²) in [6.07, 6.45) is -1.87. The predicted molar refractivity (Wildman–Crippen MR) is 104 cm³/mol. The predicted octanol–water partition coefficient (Wildman–Crippen LogP) is 5.27. The summed E-state index contributed by atoms with van der Waals surface area (Å²) >= 11 is 3.21. The minimum absolute atomic E-state index is 0.0179. The van der Waals surface area contributed by atoms with E-state index in [0.717, 1.165) is 0 Å². The molecule has 0 aliphatic heterocycles. The third-order valence-electron chi connectivity index (χ3n) is 3.22. The van der Waals surface area contributed by atoms with Crippen LogP contribution in [0.2, 0.25) is 0 Å². The van der Waals surface area contributed by atoms with E-state index in [2.05, 4.69) is 26.1 Å². The van der Waals surface area contributed by atoms with Crippen molar-refractivity contribution in [3.05, 3.63) is 23.5 Å². The maximum Gasteiger partial charge on any atom is 0.425 e. The number of carbonyl (C=O) groups is 2. The molecule has 7 nitrogen and oxygen atoms in total. The minimum Gasteiger partial charge on any atom is -0.443 e. The highest BCUT2D eigenvalue weighted by Crippen LogP contribution is 2.30. The lowest BCUT2D eigenvalue weighted by molar-refractivity contribution is 0.0429. The monoisotopic (exact) mass is 443 g/mol. The highest BCUT2D eigenvalue weighted by atomic mass is 79.9. The third-order valence-corrected chi connectivity index (χ3v) is 3.82. The second-order valence-electron chi connectivity index (χ2n) is 7.97. The first kappa shape index (κ1) is 21.1. The minimum atomic E-state index is -0.935. The summed E-state index contributed by atoms with van der Waals surface area (Å²) < 4.78 is 24.7. The van der Waals surface area contributed by atoms with Gasteiger partial charge in [0.05, 0.1) is 5.52 Å². The molecule has 2 amide bonds. The summed E-state index contributed by atoms with van der Waals surface area (Å²) in [4.78, 5) is 26.1. The van der Waals surface area contributed by atoms with Crippen LogP contribution in [0, 0.1) is 5.82 Å². The van der Waals surface area contributed by atoms with Gasteiger partial charge in [0.15, 0.2) is 5.82 Å². The van der Waals surface area contributed by atoms with Crippen LogP contribution in [0.15, 0.2) is 12.1 Å². The average Bonchev–Trinajstić information content (AvgIpc) is 2.85. The Kier molecular flexibility index (Phi) is 5.84. The van der Waals surface area contributed by atoms with E-state index in [4.69, 9.17) is 9.47 Å². The Hall–Kier alpha value is -2.16. The molecule has 1 aromatic carbocycles. The van der Waals surface area contributed by atoms with E-state index in [1.54, 1.807) is 41.5 Å². The standard InChI is InChI=1S/C18H23BrFN3O4/c1-17(2,3)26-15(24)23(16(25)27-18(4,5)6)14-11-7-10(9-19)12(20)8-13(11)21-22-14/h7-8H,9H2,1-6H3,(H,21,22). The molecule has 9 heteroatoms. The number of H-pyrrole nitrogens is 1. The molecule has 2 aromatic rings. The molecule has 27 heavy (non-hydrogen) atoms. The molecule has 0 aliphatic rings. The van der Waals surface area contributed by atoms with E-state index < -0.39 is 29.2 Å². The van der Waals surface area contributed by atoms with Gasteiger partial charge in [-0.1, -0.05) is 15.9 Å². The van der Waals surface area contributed by atoms with Gasteiger partial charge in [-0.15, -0.1) is 0 Å². The number of rotatable bonds is 2. The Morgan fingerprint density at radius 1 is 1.11 bits per heavy atom. The van der Waals surface area contributed by atoms with Gasteiger partial charge in [-0.05, 0) is 59.2 Å². The van der Waals surface area contributed by atoms with Gasteiger partial charge in [-0.25, -0.2) is 14.0 Å². The molecular formula is C18H23BrFN3O4. The molecule has 0 atom stereocenters. The van der Waals surface area contributed by atoms with Crippen molar-refractivity contribution >= 4 is 44.8 Å². The van der Waals surface area contributed by atoms with Gasteiger partial charge < -0.3 is 9.47 Å². The van der Waals surface area contributed by atoms with Crippen molar-refractivity contribution in [2.45, 2.75) is 58.1 Å². The Balaban J connectivity index is 2.57. The summed E-state index contributed by atoms with van der Waals surface area (Å²) in [7, 11) is 0. The van der Waals surface area contributed by atoms with E-state index in [-0.39, 0.29) is 11.1 Å². The number of hydrogen-bond acceptors (Lipinski definition) is 5. The summed E-state index contributed by atoms with van der Waals surface area (Å²) in [5.74, 6) is -0.452. The van der Waals surface area contributed by atoms with Gasteiger partial charge >= 0.3 is 12.2 Å². The van der Waals surface area contributed by atoms with Gasteiger partial charge in [-0.3, -0.25) is 5.10 Å². The van der Waals surface area contributed by atoms with Gasteiger partial charge in [0.25, 0.3) is 0 Å². The number of halogens is 2. The third kappa shape index (κ3) is 5.18. The molecule has 1 aromatic heterocycles. The van der Waals surface area contributed by atoms with Crippen molar-refractivity contribution < 1.29 is 23.5 Å². The number of carbonyl (C=O) groups excluding carboxylic acids is 2. The molecular weight excluding hydrogens is 421 g/mol. The normalized spacial score (nSPS) is 12.1. The van der Waals surface area contributed by atoms with Crippen LogP contribution in [-0.2, 0) is 14.8 Å². The first-order chi connectivity index (χ1) is 12.3. The van der Waals surface area contributed by atoms with Crippen molar-refractivity contribution in [1.29, 1.82) is 0 Å². The summed E-state index contributed by atoms with van der Waals surface area (Å²) in [6.45, 7) is 10.1. The highest BCUT2D eigenvalue weighted by Gasteiger charge is 2.35. The van der Waals surface area contributed by atoms with Crippen LogP contribution >= 0.6 is 15.9 Å². The molecule has 2 rings (SSSR count). The van der Waals surface area contributed by atoms with Crippen LogP contribution in [0.5, 0.6) is 0 Å². The van der Waals surface area contributed by atoms with E-state index in [1.165, 1.54) is 12.1 Å². The second-order valence-corrected chi connectivity index (χ2v) is 8.53. The lowest BCUT2D eigenvalue weighted by Crippen LogP contribution is -2.44. The van der Waals surface area contributed by atoms with Crippen LogP contribution in [0.3, 0.4) is 0 Å². The molecule has 1 N–H and O–H groups in total. The SMILES string of the molecule is CC(C)(C)OC(=O)N(C(=O)OC(C)(C)C)c1n[nH]c2cc(F)c(CBr)cc12. The first-order valence-corrected chi connectivity index (χ1v) is 9.43. The van der Waals surface area contributed by atoms with E-state index >= 15 is 0 Å². The Morgan fingerprint density at radius 3 is 2.07 bits per heavy atom. The fraction of sp³-hybridized carbons (Fsp3) is 0.500. The number of fused-ring (bicyclic) bond motifs is 1. The van der Waals surface area contributed by atoms with E-state index in [0.29, 0.717) is 21.4 Å². The zero-order chi connectivity index (χ0) is 20.6. The quantitative estimate of drug-likeness (QED) is 0.638. The molecule has 0 aliphatic carbocycles. The first-order valence-electron chi connectivity index (χ1n) is 8.31. The topological polar surface area (TPSA) is 84.5 Å². The maximum absolute atomic E-state index is 14.0. The number of amides is 2. The van der Waals surface area contributed by atoms with Gasteiger partial charge in [-0.2, -0.15) is 10.00 Å². The highest BCUT2D eigenvalue weighted by molar-refractivity contribution is 9.08. The Labute approximate surface area is 165 Å². The maximum atomic E-state index is 14.0. The smallest absolute Gasteiger partial charge is 0.425 e. The fourth-order valence-electron chi connectivity index (χ4n) is 2.20. The molecule has 0 saturated carbocycles. The lowest BCUT2D eigenvalue weighted by atomic mass is 10.1. The number of alkyl halides is 1. The number of hydrogen-bond donors (Lipinski definition) is 1. The number of nitrogens with zero attached hydrogens (tertiary/aromatic N) is 2. The summed E-state index contributed by atoms with van der Waals surface area (Å²) in [6, 6.07) is 2.77. The van der Waals surface area contributed by atoms with Crippen molar-refractivity contribution in [3.8, 4) is 0 Å². The number of nitrogens with one attached hydrogen (secondary N) is 1. The number of ether oxygens (including phenoxy) is 2. The molecule has 0 radical (unpaired) electrons. The van der Waals surface area contributed by atoms with Gasteiger partial charge in [0.2, 0.25) is 0 Å². The number of benzene rings is 1. The Morgan fingerprint density at radius 2 is 1.63 bits per heavy atom. The number of aromatic nitrogens is 2. The zero-order valence-electron chi connectivity index (χ0n) is 16.1. The molecule has 0 fully saturated rings. The lowest BCUT2D eigenvalue weighted by Gasteiger charge is -2.27. The molecule has 0 saturated heterocycles. The van der Waals surface area contributed by atoms with Crippen LogP contribution in [0.4, 0.5) is 19.8 Å². The Bertz CT molecular complexity index is 840. The number of anilines is 1. The van der Waals surface area contributed by atoms with E-state index in [9.17, 15) is 14.0 Å². The average molecular weight is 444 g/mol. The van der Waals surface area contributed by atoms with Crippen molar-refractivity contribution in [1.82, 2.24) is 10.2 Å². The largest absolute Gasteiger partial charge is 0.443 e. The van der Waals surface area contributed by atoms with Crippen LogP contribution in [-0.4, -0.2) is 33.6 Å². The van der Waals surface area contributed by atoms with Crippen molar-refractivity contribution in [3.63, 3.8) is 0 Å². The number of imide groups is 1. The van der Waals surface area contributed by atoms with Crippen LogP contribution in [0.25, 0.3) is 10.9 Å². The fourth-order valence-corrected chi connectivity index (χ4v) is 2.63. The second kappa shape index (κ2) is 7.46. The summed E-state index contributed by atoms with van der Waals surface area (Å²) in [5.41, 5.74) is -0.976. The number of aromatic amines is 1. The zero-order valence-corrected chi connectivity index (χ0v) is 17.7. The van der Waals surface area contributed by atoms with Crippen LogP contribution in [0.1, 0.15) is 47.1 Å². The van der Waals surface area contributed by atoms with E-state index in [1.807, 2.05) is 0 Å². The van der Waals surface area contributed by atoms with Crippen molar-refractivity contribution in [2.75, 3.05) is 4.90 Å². The molecule has 0 spiro atoms. The van der Waals surface area contributed by atoms with Crippen LogP contribution < -0.4 is 4.90 Å². The van der Waals surface area contributed by atoms with Crippen molar-refractivity contribution in [2.24, 2.45) is 0 Å². The molecule has 0 unspecified atom stereocenters. The van der Waals surface area contributed by atoms with Gasteiger partial charge in [0, 0.05) is 10.7 Å². The van der Waals surface area contributed by atoms with Gasteiger partial charge in [0.1, 0.15) is 17.0 Å². The molecule has 1 heterocycles.